The SMILES string of the molecule is C=C(NCC(=O)N1CC2(C[C@H]1C(=O)N[C@H](C)c1cc(C3(N)CC3=C)cs1)OCCO2)c1ccc(-c2ccc(F)cc2)c(F)c1. The Bertz CT molecular complexity index is 1630. The lowest BCUT2D eigenvalue weighted by atomic mass is 10.0. The number of amides is 2. The number of carbonyl (C=O) groups excluding carboxylic acids is 2. The Morgan fingerprint density at radius 2 is 1.86 bits per heavy atom. The van der Waals surface area contributed by atoms with Crippen molar-refractivity contribution < 1.29 is 27.8 Å². The lowest BCUT2D eigenvalue weighted by molar-refractivity contribution is -0.152. The third kappa shape index (κ3) is 5.80. The van der Waals surface area contributed by atoms with Crippen molar-refractivity contribution in [1.29, 1.82) is 0 Å². The summed E-state index contributed by atoms with van der Waals surface area (Å²) in [5.74, 6) is -2.61. The van der Waals surface area contributed by atoms with Crippen LogP contribution in [0, 0.1) is 11.6 Å². The number of ether oxygens (including phenoxy) is 2. The van der Waals surface area contributed by atoms with E-state index in [0.29, 0.717) is 35.6 Å². The zero-order valence-corrected chi connectivity index (χ0v) is 25.1. The highest BCUT2D eigenvalue weighted by Crippen LogP contribution is 2.49. The van der Waals surface area contributed by atoms with Crippen molar-refractivity contribution in [3.8, 4) is 11.1 Å². The molecule has 3 aliphatic rings. The number of nitrogens with zero attached hydrogens (tertiary/aromatic N) is 1. The molecule has 0 bridgehead atoms. The lowest BCUT2D eigenvalue weighted by Gasteiger charge is -2.25. The van der Waals surface area contributed by atoms with Crippen LogP contribution in [0.25, 0.3) is 16.8 Å². The van der Waals surface area contributed by atoms with E-state index in [0.717, 1.165) is 22.4 Å². The summed E-state index contributed by atoms with van der Waals surface area (Å²) in [6.45, 7) is 10.5. The summed E-state index contributed by atoms with van der Waals surface area (Å²) in [6, 6.07) is 11.0. The molecule has 0 radical (unpaired) electrons. The smallest absolute Gasteiger partial charge is 0.243 e. The van der Waals surface area contributed by atoms with Crippen LogP contribution in [0.5, 0.6) is 0 Å². The molecule has 2 aromatic carbocycles. The second kappa shape index (κ2) is 11.6. The van der Waals surface area contributed by atoms with Crippen molar-refractivity contribution >= 4 is 28.8 Å². The van der Waals surface area contributed by atoms with E-state index in [9.17, 15) is 18.4 Å². The summed E-state index contributed by atoms with van der Waals surface area (Å²) in [5.41, 5.74) is 9.53. The van der Waals surface area contributed by atoms with Gasteiger partial charge in [-0.25, -0.2) is 8.78 Å². The molecular weight excluding hydrogens is 586 g/mol. The summed E-state index contributed by atoms with van der Waals surface area (Å²) < 4.78 is 39.9. The van der Waals surface area contributed by atoms with Gasteiger partial charge in [-0.15, -0.1) is 11.3 Å². The molecule has 2 saturated heterocycles. The minimum Gasteiger partial charge on any atom is -0.376 e. The van der Waals surface area contributed by atoms with Gasteiger partial charge in [0.25, 0.3) is 0 Å². The minimum absolute atomic E-state index is 0.106. The van der Waals surface area contributed by atoms with E-state index in [4.69, 9.17) is 15.2 Å². The number of halogens is 2. The zero-order chi connectivity index (χ0) is 31.2. The fourth-order valence-electron chi connectivity index (χ4n) is 5.79. The third-order valence-electron chi connectivity index (χ3n) is 8.57. The van der Waals surface area contributed by atoms with Gasteiger partial charge in [0.2, 0.25) is 11.8 Å². The molecule has 44 heavy (non-hydrogen) atoms. The Morgan fingerprint density at radius 3 is 2.52 bits per heavy atom. The Labute approximate surface area is 258 Å². The van der Waals surface area contributed by atoms with Gasteiger partial charge in [0, 0.05) is 22.6 Å². The van der Waals surface area contributed by atoms with Crippen LogP contribution >= 0.6 is 11.3 Å². The van der Waals surface area contributed by atoms with Crippen LogP contribution in [0.15, 0.2) is 72.6 Å². The molecule has 3 aromatic rings. The number of carbonyl (C=O) groups is 2. The molecule has 4 N–H and O–H groups in total. The topological polar surface area (TPSA) is 106 Å². The fourth-order valence-corrected chi connectivity index (χ4v) is 6.79. The number of hydrogen-bond donors (Lipinski definition) is 3. The predicted molar refractivity (Wildman–Crippen MR) is 164 cm³/mol. The first-order valence-corrected chi connectivity index (χ1v) is 15.3. The minimum atomic E-state index is -1.04. The average Bonchev–Trinajstić information content (AvgIpc) is 3.51. The largest absolute Gasteiger partial charge is 0.376 e. The van der Waals surface area contributed by atoms with Crippen molar-refractivity contribution in [3.63, 3.8) is 0 Å². The van der Waals surface area contributed by atoms with Crippen LogP contribution in [0.4, 0.5) is 8.78 Å². The van der Waals surface area contributed by atoms with E-state index in [-0.39, 0.29) is 37.4 Å². The molecule has 3 heterocycles. The summed E-state index contributed by atoms with van der Waals surface area (Å²) >= 11 is 1.52. The van der Waals surface area contributed by atoms with E-state index in [1.807, 2.05) is 18.4 Å². The van der Waals surface area contributed by atoms with Crippen molar-refractivity contribution in [3.05, 3.63) is 100 Å². The molecule has 8 nitrogen and oxygen atoms in total. The average molecular weight is 621 g/mol. The van der Waals surface area contributed by atoms with Gasteiger partial charge in [-0.2, -0.15) is 0 Å². The van der Waals surface area contributed by atoms with Crippen LogP contribution < -0.4 is 16.4 Å². The third-order valence-corrected chi connectivity index (χ3v) is 9.69. The molecule has 6 rings (SSSR count). The number of hydrogen-bond acceptors (Lipinski definition) is 7. The second-order valence-electron chi connectivity index (χ2n) is 11.6. The maximum Gasteiger partial charge on any atom is 0.243 e. The van der Waals surface area contributed by atoms with Gasteiger partial charge in [-0.05, 0) is 59.7 Å². The maximum atomic E-state index is 14.9. The van der Waals surface area contributed by atoms with Crippen LogP contribution in [0.2, 0.25) is 0 Å². The number of benzene rings is 2. The number of nitrogens with two attached hydrogens (primary N) is 1. The lowest BCUT2D eigenvalue weighted by Crippen LogP contribution is -2.48. The summed E-state index contributed by atoms with van der Waals surface area (Å²) in [5, 5.41) is 8.01. The summed E-state index contributed by atoms with van der Waals surface area (Å²) in [4.78, 5) is 29.5. The molecule has 11 heteroatoms. The van der Waals surface area contributed by atoms with Gasteiger partial charge in [0.05, 0.1) is 37.9 Å². The fraction of sp³-hybridized carbons (Fsp3) is 0.333. The zero-order valence-electron chi connectivity index (χ0n) is 24.3. The summed E-state index contributed by atoms with van der Waals surface area (Å²) in [7, 11) is 0. The molecular formula is C33H34F2N4O4S. The van der Waals surface area contributed by atoms with Crippen LogP contribution in [-0.2, 0) is 24.6 Å². The van der Waals surface area contributed by atoms with Gasteiger partial charge in [-0.3, -0.25) is 9.59 Å². The first-order chi connectivity index (χ1) is 21.0. The van der Waals surface area contributed by atoms with E-state index >= 15 is 0 Å². The van der Waals surface area contributed by atoms with E-state index < -0.39 is 29.0 Å². The van der Waals surface area contributed by atoms with E-state index in [1.165, 1.54) is 46.6 Å². The van der Waals surface area contributed by atoms with Gasteiger partial charge in [-0.1, -0.05) is 43.0 Å². The quantitative estimate of drug-likeness (QED) is 0.303. The molecule has 1 unspecified atom stereocenters. The second-order valence-corrected chi connectivity index (χ2v) is 12.5. The van der Waals surface area contributed by atoms with Crippen LogP contribution in [0.1, 0.15) is 41.8 Å². The monoisotopic (exact) mass is 620 g/mol. The Balaban J connectivity index is 1.11. The number of nitrogens with one attached hydrogen (secondary N) is 2. The highest BCUT2D eigenvalue weighted by Gasteiger charge is 2.52. The molecule has 1 saturated carbocycles. The molecule has 3 fully saturated rings. The van der Waals surface area contributed by atoms with E-state index in [1.54, 1.807) is 12.1 Å². The standard InChI is InChI=1S/C33H34F2N4O4S/c1-19-14-33(19,36)24-13-29(44-17-24)21(3)38-31(41)28-15-32(42-10-11-43-32)18-39(28)30(40)16-37-20(2)23-6-9-26(27(35)12-23)22-4-7-25(34)8-5-22/h4-9,12-13,17,21,28,37H,1-2,10-11,14-16,18,36H2,3H3,(H,38,41)/t21-,28+,33?/m1/s1. The van der Waals surface area contributed by atoms with Gasteiger partial charge < -0.3 is 30.7 Å². The van der Waals surface area contributed by atoms with Gasteiger partial charge in [0.15, 0.2) is 5.79 Å². The highest BCUT2D eigenvalue weighted by atomic mass is 32.1. The Kier molecular flexibility index (Phi) is 7.91. The summed E-state index contributed by atoms with van der Waals surface area (Å²) in [6.07, 6.45) is 0.956. The normalized spacial score (nSPS) is 22.7. The van der Waals surface area contributed by atoms with Crippen molar-refractivity contribution in [2.45, 2.75) is 43.2 Å². The Morgan fingerprint density at radius 1 is 1.16 bits per heavy atom. The highest BCUT2D eigenvalue weighted by molar-refractivity contribution is 7.10. The molecule has 1 aromatic heterocycles. The maximum absolute atomic E-state index is 14.9. The number of rotatable bonds is 9. The first-order valence-electron chi connectivity index (χ1n) is 14.4. The molecule has 1 spiro atoms. The van der Waals surface area contributed by atoms with Crippen LogP contribution in [0.3, 0.4) is 0 Å². The number of thiophene rings is 1. The van der Waals surface area contributed by atoms with Crippen molar-refractivity contribution in [2.75, 3.05) is 26.3 Å². The van der Waals surface area contributed by atoms with Crippen LogP contribution in [-0.4, -0.2) is 54.8 Å². The molecule has 1 aliphatic carbocycles. The molecule has 3 atom stereocenters. The van der Waals surface area contributed by atoms with E-state index in [2.05, 4.69) is 23.8 Å². The molecule has 230 valence electrons. The predicted octanol–water partition coefficient (Wildman–Crippen LogP) is 4.59. The Hall–Kier alpha value is -3.90. The van der Waals surface area contributed by atoms with Crippen molar-refractivity contribution in [2.24, 2.45) is 5.73 Å². The first kappa shape index (κ1) is 30.1. The number of likely N-dealkylation sites (tertiary alicyclic amines) is 1. The van der Waals surface area contributed by atoms with Gasteiger partial charge in [0.1, 0.15) is 17.7 Å². The van der Waals surface area contributed by atoms with Gasteiger partial charge >= 0.3 is 0 Å². The molecule has 2 amide bonds. The van der Waals surface area contributed by atoms with Crippen molar-refractivity contribution in [1.82, 2.24) is 15.5 Å². The molecule has 2 aliphatic heterocycles.